The van der Waals surface area contributed by atoms with Crippen molar-refractivity contribution in [3.8, 4) is 0 Å². The Kier molecular flexibility index (Phi) is 2.78. The zero-order chi connectivity index (χ0) is 11.5. The topological polar surface area (TPSA) is 3.24 Å². The van der Waals surface area contributed by atoms with Gasteiger partial charge in [-0.15, -0.1) is 0 Å². The standard InChI is InChI=1S/C15H15N/c1-4-12-10-11-13-8-6-7-9-15(13)16(3)14(12)5-2/h4-11H,1-2H2,3H3. The minimum absolute atomic E-state index is 1.08. The number of nitrogens with zero attached hydrogens (tertiary/aromatic N) is 1. The molecule has 1 aliphatic heterocycles. The van der Waals surface area contributed by atoms with Crippen molar-refractivity contribution in [2.45, 2.75) is 0 Å². The van der Waals surface area contributed by atoms with Crippen LogP contribution in [0, 0.1) is 0 Å². The van der Waals surface area contributed by atoms with Crippen LogP contribution < -0.4 is 4.90 Å². The highest BCUT2D eigenvalue weighted by Gasteiger charge is 2.12. The van der Waals surface area contributed by atoms with Crippen LogP contribution in [-0.2, 0) is 0 Å². The van der Waals surface area contributed by atoms with Gasteiger partial charge in [0.15, 0.2) is 0 Å². The molecule has 0 amide bonds. The lowest BCUT2D eigenvalue weighted by molar-refractivity contribution is 1.13. The number of para-hydroxylation sites is 1. The maximum absolute atomic E-state index is 3.87. The first-order valence-electron chi connectivity index (χ1n) is 5.28. The smallest absolute Gasteiger partial charge is 0.0481 e. The van der Waals surface area contributed by atoms with Crippen LogP contribution in [0.2, 0.25) is 0 Å². The minimum Gasteiger partial charge on any atom is -0.344 e. The molecule has 80 valence electrons. The third-order valence-electron chi connectivity index (χ3n) is 2.81. The Bertz CT molecular complexity index is 492. The summed E-state index contributed by atoms with van der Waals surface area (Å²) in [6.45, 7) is 7.70. The average molecular weight is 209 g/mol. The molecule has 0 saturated carbocycles. The second kappa shape index (κ2) is 4.23. The van der Waals surface area contributed by atoms with Crippen molar-refractivity contribution in [2.24, 2.45) is 0 Å². The Morgan fingerprint density at radius 1 is 1.06 bits per heavy atom. The number of likely N-dealkylation sites (N-methyl/N-ethyl adjacent to an activating group) is 1. The molecular formula is C15H15N. The van der Waals surface area contributed by atoms with Crippen molar-refractivity contribution in [3.05, 3.63) is 72.5 Å². The predicted octanol–water partition coefficient (Wildman–Crippen LogP) is 3.78. The van der Waals surface area contributed by atoms with Gasteiger partial charge >= 0.3 is 0 Å². The summed E-state index contributed by atoms with van der Waals surface area (Å²) in [5.74, 6) is 0. The Balaban J connectivity index is 2.64. The van der Waals surface area contributed by atoms with Crippen molar-refractivity contribution in [3.63, 3.8) is 0 Å². The Hall–Kier alpha value is -2.02. The first-order chi connectivity index (χ1) is 7.77. The maximum atomic E-state index is 3.87. The number of hydrogen-bond acceptors (Lipinski definition) is 1. The fourth-order valence-electron chi connectivity index (χ4n) is 1.95. The quantitative estimate of drug-likeness (QED) is 0.716. The van der Waals surface area contributed by atoms with Gasteiger partial charge in [0.25, 0.3) is 0 Å². The molecule has 0 aromatic heterocycles. The lowest BCUT2D eigenvalue weighted by atomic mass is 10.1. The normalized spacial score (nSPS) is 14.4. The molecule has 16 heavy (non-hydrogen) atoms. The number of rotatable bonds is 2. The highest BCUT2D eigenvalue weighted by atomic mass is 15.1. The van der Waals surface area contributed by atoms with Crippen LogP contribution in [-0.4, -0.2) is 7.05 Å². The van der Waals surface area contributed by atoms with Crippen molar-refractivity contribution in [1.29, 1.82) is 0 Å². The largest absolute Gasteiger partial charge is 0.344 e. The van der Waals surface area contributed by atoms with Gasteiger partial charge in [-0.1, -0.05) is 49.6 Å². The summed E-state index contributed by atoms with van der Waals surface area (Å²) < 4.78 is 0. The molecule has 0 fully saturated rings. The van der Waals surface area contributed by atoms with Crippen LogP contribution in [0.5, 0.6) is 0 Å². The summed E-state index contributed by atoms with van der Waals surface area (Å²) in [6.07, 6.45) is 7.91. The number of fused-ring (bicyclic) bond motifs is 1. The predicted molar refractivity (Wildman–Crippen MR) is 71.3 cm³/mol. The zero-order valence-electron chi connectivity index (χ0n) is 9.48. The summed E-state index contributed by atoms with van der Waals surface area (Å²) in [5, 5.41) is 0. The molecule has 0 atom stereocenters. The molecule has 1 aromatic rings. The van der Waals surface area contributed by atoms with Crippen molar-refractivity contribution >= 4 is 11.8 Å². The van der Waals surface area contributed by atoms with Gasteiger partial charge in [0.2, 0.25) is 0 Å². The fraction of sp³-hybridized carbons (Fsp3) is 0.0667. The van der Waals surface area contributed by atoms with Crippen LogP contribution in [0.1, 0.15) is 5.56 Å². The third kappa shape index (κ3) is 1.61. The van der Waals surface area contributed by atoms with Crippen molar-refractivity contribution in [2.75, 3.05) is 11.9 Å². The van der Waals surface area contributed by atoms with Crippen LogP contribution in [0.15, 0.2) is 66.9 Å². The molecule has 2 rings (SSSR count). The molecule has 0 N–H and O–H groups in total. The number of benzene rings is 1. The van der Waals surface area contributed by atoms with Gasteiger partial charge in [0.1, 0.15) is 0 Å². The Morgan fingerprint density at radius 2 is 1.81 bits per heavy atom. The molecule has 1 heterocycles. The monoisotopic (exact) mass is 209 g/mol. The summed E-state index contributed by atoms with van der Waals surface area (Å²) in [7, 11) is 2.05. The van der Waals surface area contributed by atoms with E-state index in [2.05, 4.69) is 42.3 Å². The lowest BCUT2D eigenvalue weighted by Crippen LogP contribution is -2.16. The van der Waals surface area contributed by atoms with Gasteiger partial charge in [0, 0.05) is 18.4 Å². The van der Waals surface area contributed by atoms with E-state index < -0.39 is 0 Å². The fourth-order valence-corrected chi connectivity index (χ4v) is 1.95. The molecule has 0 aliphatic carbocycles. The second-order valence-corrected chi connectivity index (χ2v) is 3.70. The van der Waals surface area contributed by atoms with Crippen LogP contribution in [0.4, 0.5) is 5.69 Å². The summed E-state index contributed by atoms with van der Waals surface area (Å²) in [6, 6.07) is 8.30. The molecule has 1 nitrogen and oxygen atoms in total. The summed E-state index contributed by atoms with van der Waals surface area (Å²) in [4.78, 5) is 2.14. The van der Waals surface area contributed by atoms with Crippen molar-refractivity contribution in [1.82, 2.24) is 0 Å². The molecule has 1 heteroatoms. The lowest BCUT2D eigenvalue weighted by Gasteiger charge is -2.22. The van der Waals surface area contributed by atoms with Gasteiger partial charge in [-0.2, -0.15) is 0 Å². The number of anilines is 1. The van der Waals surface area contributed by atoms with Crippen molar-refractivity contribution < 1.29 is 0 Å². The molecule has 0 saturated heterocycles. The third-order valence-corrected chi connectivity index (χ3v) is 2.81. The summed E-state index contributed by atoms with van der Waals surface area (Å²) in [5.41, 5.74) is 4.57. The summed E-state index contributed by atoms with van der Waals surface area (Å²) >= 11 is 0. The molecule has 1 aromatic carbocycles. The van der Waals surface area contributed by atoms with E-state index in [1.54, 1.807) is 0 Å². The molecule has 0 spiro atoms. The van der Waals surface area contributed by atoms with Gasteiger partial charge < -0.3 is 4.90 Å². The number of allylic oxidation sites excluding steroid dienone is 4. The highest BCUT2D eigenvalue weighted by molar-refractivity contribution is 5.75. The van der Waals surface area contributed by atoms with Crippen LogP contribution >= 0.6 is 0 Å². The van der Waals surface area contributed by atoms with Gasteiger partial charge in [-0.05, 0) is 23.3 Å². The average Bonchev–Trinajstić information content (AvgIpc) is 2.46. The van der Waals surface area contributed by atoms with Gasteiger partial charge in [0.05, 0.1) is 0 Å². The van der Waals surface area contributed by atoms with E-state index in [4.69, 9.17) is 0 Å². The van der Waals surface area contributed by atoms with E-state index in [9.17, 15) is 0 Å². The minimum atomic E-state index is 1.08. The highest BCUT2D eigenvalue weighted by Crippen LogP contribution is 2.29. The van der Waals surface area contributed by atoms with E-state index in [1.165, 1.54) is 11.3 Å². The zero-order valence-corrected chi connectivity index (χ0v) is 9.48. The molecular weight excluding hydrogens is 194 g/mol. The van der Waals surface area contributed by atoms with E-state index in [0.717, 1.165) is 11.3 Å². The van der Waals surface area contributed by atoms with E-state index in [0.29, 0.717) is 0 Å². The van der Waals surface area contributed by atoms with Gasteiger partial charge in [-0.3, -0.25) is 0 Å². The molecule has 0 bridgehead atoms. The number of hydrogen-bond donors (Lipinski definition) is 0. The van der Waals surface area contributed by atoms with E-state index in [-0.39, 0.29) is 0 Å². The second-order valence-electron chi connectivity index (χ2n) is 3.70. The Labute approximate surface area is 96.7 Å². The molecule has 1 aliphatic rings. The first kappa shape index (κ1) is 10.5. The van der Waals surface area contributed by atoms with Gasteiger partial charge in [-0.25, -0.2) is 0 Å². The van der Waals surface area contributed by atoms with E-state index in [1.807, 2.05) is 31.3 Å². The first-order valence-corrected chi connectivity index (χ1v) is 5.28. The van der Waals surface area contributed by atoms with Crippen LogP contribution in [0.25, 0.3) is 6.08 Å². The Morgan fingerprint density at radius 3 is 2.50 bits per heavy atom. The molecule has 0 radical (unpaired) electrons. The SMILES string of the molecule is C=CC1=C(C=C)N(C)c2ccccc2C=C1. The van der Waals surface area contributed by atoms with E-state index >= 15 is 0 Å². The molecule has 0 unspecified atom stereocenters. The maximum Gasteiger partial charge on any atom is 0.0481 e. The van der Waals surface area contributed by atoms with Crippen LogP contribution in [0.3, 0.4) is 0 Å².